The van der Waals surface area contributed by atoms with E-state index in [0.717, 1.165) is 6.07 Å². The summed E-state index contributed by atoms with van der Waals surface area (Å²) in [6.07, 6.45) is 1.84. The summed E-state index contributed by atoms with van der Waals surface area (Å²) < 4.78 is 11.1. The van der Waals surface area contributed by atoms with Gasteiger partial charge in [0.05, 0.1) is 11.2 Å². The minimum absolute atomic E-state index is 0.0474. The maximum absolute atomic E-state index is 13.1. The molecule has 4 rings (SSSR count). The molecular weight excluding hydrogens is 498 g/mol. The molecule has 0 unspecified atom stereocenters. The Kier molecular flexibility index (Phi) is 8.17. The van der Waals surface area contributed by atoms with Crippen molar-refractivity contribution in [2.24, 2.45) is 0 Å². The average Bonchev–Trinajstić information content (AvgIpc) is 3.45. The monoisotopic (exact) mass is 519 g/mol. The number of nitrogens with zero attached hydrogens (tertiary/aromatic N) is 2. The van der Waals surface area contributed by atoms with Crippen LogP contribution in [-0.2, 0) is 0 Å². The van der Waals surface area contributed by atoms with Crippen LogP contribution in [0.4, 0.5) is 11.4 Å². The predicted octanol–water partition coefficient (Wildman–Crippen LogP) is 6.10. The number of nitro benzene ring substituents is 1. The van der Waals surface area contributed by atoms with Crippen LogP contribution in [-0.4, -0.2) is 29.8 Å². The van der Waals surface area contributed by atoms with Crippen LogP contribution in [0.2, 0.25) is 5.02 Å². The number of nitrogens with one attached hydrogen (secondary N) is 1. The number of amides is 2. The zero-order chi connectivity index (χ0) is 26.2. The largest absolute Gasteiger partial charge is 0.459 e. The molecule has 4 aromatic rings. The highest BCUT2D eigenvalue weighted by molar-refractivity contribution is 6.32. The van der Waals surface area contributed by atoms with Crippen LogP contribution < -0.4 is 15.0 Å². The van der Waals surface area contributed by atoms with Gasteiger partial charge in [-0.1, -0.05) is 29.8 Å². The lowest BCUT2D eigenvalue weighted by molar-refractivity contribution is -0.384. The second kappa shape index (κ2) is 11.9. The fourth-order valence-electron chi connectivity index (χ4n) is 3.53. The minimum Gasteiger partial charge on any atom is -0.459 e. The highest BCUT2D eigenvalue weighted by Gasteiger charge is 2.21. The molecule has 2 amide bonds. The topological polar surface area (TPSA) is 115 Å². The van der Waals surface area contributed by atoms with Crippen molar-refractivity contribution in [2.45, 2.75) is 6.42 Å². The highest BCUT2D eigenvalue weighted by atomic mass is 35.5. The second-order valence-electron chi connectivity index (χ2n) is 7.88. The van der Waals surface area contributed by atoms with Gasteiger partial charge in [-0.3, -0.25) is 19.7 Å². The SMILES string of the molecule is O=C(NCCCN(C(=O)c1ccco1)c1ccc(Oc2ccccc2)cc1)c1ccc(Cl)c([N+](=O)[O-])c1. The quantitative estimate of drug-likeness (QED) is 0.154. The molecule has 0 atom stereocenters. The Morgan fingerprint density at radius 3 is 2.38 bits per heavy atom. The molecule has 0 aliphatic heterocycles. The molecule has 1 N–H and O–H groups in total. The number of carbonyl (C=O) groups is 2. The molecule has 0 bridgehead atoms. The highest BCUT2D eigenvalue weighted by Crippen LogP contribution is 2.26. The molecule has 0 fully saturated rings. The summed E-state index contributed by atoms with van der Waals surface area (Å²) in [7, 11) is 0. The van der Waals surface area contributed by atoms with Crippen LogP contribution in [0, 0.1) is 10.1 Å². The number of para-hydroxylation sites is 1. The first-order valence-electron chi connectivity index (χ1n) is 11.3. The Balaban J connectivity index is 1.41. The van der Waals surface area contributed by atoms with E-state index in [-0.39, 0.29) is 41.0 Å². The first-order valence-corrected chi connectivity index (χ1v) is 11.7. The van der Waals surface area contributed by atoms with Gasteiger partial charge in [0.2, 0.25) is 0 Å². The van der Waals surface area contributed by atoms with Crippen molar-refractivity contribution in [3.8, 4) is 11.5 Å². The maximum Gasteiger partial charge on any atom is 0.293 e. The number of rotatable bonds is 10. The van der Waals surface area contributed by atoms with E-state index >= 15 is 0 Å². The van der Waals surface area contributed by atoms with Crippen molar-refractivity contribution in [2.75, 3.05) is 18.0 Å². The Labute approximate surface area is 217 Å². The van der Waals surface area contributed by atoms with Gasteiger partial charge in [-0.15, -0.1) is 0 Å². The van der Waals surface area contributed by atoms with Crippen LogP contribution in [0.15, 0.2) is 95.6 Å². The third-order valence-electron chi connectivity index (χ3n) is 5.35. The van der Waals surface area contributed by atoms with Gasteiger partial charge < -0.3 is 19.4 Å². The molecule has 0 aliphatic carbocycles. The van der Waals surface area contributed by atoms with Gasteiger partial charge in [0.25, 0.3) is 17.5 Å². The number of anilines is 1. The van der Waals surface area contributed by atoms with Crippen LogP contribution in [0.1, 0.15) is 27.3 Å². The lowest BCUT2D eigenvalue weighted by atomic mass is 10.2. The number of halogens is 1. The summed E-state index contributed by atoms with van der Waals surface area (Å²) in [5.74, 6) is 0.680. The zero-order valence-electron chi connectivity index (χ0n) is 19.5. The van der Waals surface area contributed by atoms with Gasteiger partial charge in [-0.2, -0.15) is 0 Å². The summed E-state index contributed by atoms with van der Waals surface area (Å²) in [5, 5.41) is 13.7. The molecule has 10 heteroatoms. The van der Waals surface area contributed by atoms with Crippen molar-refractivity contribution >= 4 is 34.8 Å². The number of hydrogen-bond acceptors (Lipinski definition) is 6. The van der Waals surface area contributed by atoms with Crippen molar-refractivity contribution in [3.05, 3.63) is 118 Å². The predicted molar refractivity (Wildman–Crippen MR) is 138 cm³/mol. The molecule has 1 heterocycles. The number of benzene rings is 3. The van der Waals surface area contributed by atoms with Crippen molar-refractivity contribution in [1.82, 2.24) is 5.32 Å². The van der Waals surface area contributed by atoms with Crippen molar-refractivity contribution in [1.29, 1.82) is 0 Å². The Morgan fingerprint density at radius 1 is 0.973 bits per heavy atom. The number of furan rings is 1. The van der Waals surface area contributed by atoms with Gasteiger partial charge in [-0.05, 0) is 67.1 Å². The maximum atomic E-state index is 13.1. The van der Waals surface area contributed by atoms with Gasteiger partial charge in [0, 0.05) is 30.4 Å². The van der Waals surface area contributed by atoms with Crippen LogP contribution in [0.25, 0.3) is 0 Å². The second-order valence-corrected chi connectivity index (χ2v) is 8.28. The van der Waals surface area contributed by atoms with E-state index < -0.39 is 10.8 Å². The molecule has 3 aromatic carbocycles. The molecule has 0 saturated carbocycles. The summed E-state index contributed by atoms with van der Waals surface area (Å²) in [6.45, 7) is 0.506. The van der Waals surface area contributed by atoms with E-state index in [1.807, 2.05) is 30.3 Å². The molecule has 1 aromatic heterocycles. The Hall–Kier alpha value is -4.63. The summed E-state index contributed by atoms with van der Waals surface area (Å²) >= 11 is 5.81. The smallest absolute Gasteiger partial charge is 0.293 e. The Morgan fingerprint density at radius 2 is 1.70 bits per heavy atom. The van der Waals surface area contributed by atoms with Gasteiger partial charge in [0.1, 0.15) is 16.5 Å². The number of nitro groups is 1. The molecular formula is C27H22ClN3O6. The molecule has 0 radical (unpaired) electrons. The standard InChI is InChI=1S/C27H22ClN3O6/c28-23-14-9-19(18-24(23)31(34)35)26(32)29-15-5-16-30(27(33)25-8-4-17-36-25)20-10-12-22(13-11-20)37-21-6-2-1-3-7-21/h1-4,6-14,17-18H,5,15-16H2,(H,29,32). The fourth-order valence-corrected chi connectivity index (χ4v) is 3.72. The van der Waals surface area contributed by atoms with Crippen LogP contribution in [0.5, 0.6) is 11.5 Å². The molecule has 0 spiro atoms. The van der Waals surface area contributed by atoms with Crippen LogP contribution in [0.3, 0.4) is 0 Å². The van der Waals surface area contributed by atoms with Gasteiger partial charge in [-0.25, -0.2) is 0 Å². The third-order valence-corrected chi connectivity index (χ3v) is 5.67. The van der Waals surface area contributed by atoms with Gasteiger partial charge in [0.15, 0.2) is 5.76 Å². The number of ether oxygens (including phenoxy) is 1. The first kappa shape index (κ1) is 25.5. The molecule has 9 nitrogen and oxygen atoms in total. The van der Waals surface area contributed by atoms with E-state index in [4.69, 9.17) is 20.8 Å². The molecule has 0 aliphatic rings. The summed E-state index contributed by atoms with van der Waals surface area (Å²) in [6, 6.07) is 23.5. The molecule has 37 heavy (non-hydrogen) atoms. The van der Waals surface area contributed by atoms with E-state index in [1.165, 1.54) is 18.4 Å². The summed E-state index contributed by atoms with van der Waals surface area (Å²) in [5.41, 5.74) is 0.402. The molecule has 188 valence electrons. The Bertz CT molecular complexity index is 1380. The fraction of sp³-hybridized carbons (Fsp3) is 0.111. The lowest BCUT2D eigenvalue weighted by Gasteiger charge is -2.22. The molecule has 0 saturated heterocycles. The zero-order valence-corrected chi connectivity index (χ0v) is 20.3. The number of carbonyl (C=O) groups excluding carboxylic acids is 2. The normalized spacial score (nSPS) is 10.5. The lowest BCUT2D eigenvalue weighted by Crippen LogP contribution is -2.34. The number of hydrogen-bond donors (Lipinski definition) is 1. The first-order chi connectivity index (χ1) is 17.9. The van der Waals surface area contributed by atoms with E-state index in [1.54, 1.807) is 41.3 Å². The van der Waals surface area contributed by atoms with Crippen molar-refractivity contribution < 1.29 is 23.7 Å². The van der Waals surface area contributed by atoms with E-state index in [2.05, 4.69) is 5.32 Å². The van der Waals surface area contributed by atoms with Gasteiger partial charge >= 0.3 is 0 Å². The summed E-state index contributed by atoms with van der Waals surface area (Å²) in [4.78, 5) is 37.5. The van der Waals surface area contributed by atoms with Crippen LogP contribution >= 0.6 is 11.6 Å². The van der Waals surface area contributed by atoms with E-state index in [0.29, 0.717) is 23.6 Å². The third kappa shape index (κ3) is 6.53. The van der Waals surface area contributed by atoms with Crippen molar-refractivity contribution in [3.63, 3.8) is 0 Å². The minimum atomic E-state index is -0.645. The average molecular weight is 520 g/mol. The van der Waals surface area contributed by atoms with E-state index in [9.17, 15) is 19.7 Å².